The standard InChI is InChI=1S/C74H112N24O19S4/c1-5-39(2)59-72(117)94-52(35-99)68(113)96-54(70(115)91-49(29-41-17-19-43(100)20-18-41)65(110)87-45(60(76)105)14-9-23-82-73(77)78)37-121-120-36-53(95-61(106)44(75)21-26-118-3)69(114)92-50(30-42-32-81-38-86-42)66(111)90-48(28-40-12-7-6-8-13-40)62(107)85-33-56(101)84-34-57(102)98-25-11-16-55(98)71(116)89-47(22-27-119-4)63(108)93-51(31-58(103)104)67(112)88-46(64(109)97-59)15-10-24-83-74(79)80/h6-8,12-13,17-20,32,38-39,44-55,59,99-100H,5,9-11,14-16,21-31,33-37,75H2,1-4H3,(H2,76,105)(H,81,86)(H,84,101)(H,85,107)(H,87,110)(H,88,112)(H,89,116)(H,90,111)(H,91,115)(H,92,114)(H,93,108)(H,94,117)(H,95,106)(H,96,113)(H,97,109)(H,103,104)(H4,77,78,82)(H4,79,80,83)/t39-,44-,45-,46-,47-,48-,49-,50-,51-,52-,53-,54-,55-,59-/m0/s1. The lowest BCUT2D eigenvalue weighted by Gasteiger charge is -2.29. The van der Waals surface area contributed by atoms with E-state index in [0.29, 0.717) is 16.9 Å². The highest BCUT2D eigenvalue weighted by molar-refractivity contribution is 8.76. The summed E-state index contributed by atoms with van der Waals surface area (Å²) in [6.07, 6.45) is 4.43. The molecule has 3 heterocycles. The Morgan fingerprint density at radius 1 is 0.636 bits per heavy atom. The molecule has 2 saturated heterocycles. The van der Waals surface area contributed by atoms with E-state index in [9.17, 15) is 87.2 Å². The molecule has 2 aliphatic rings. The number of phenolic OH excluding ortho intramolecular Hbond substituents is 1. The number of carboxylic acids is 1. The predicted octanol–water partition coefficient (Wildman–Crippen LogP) is -6.55. The third-order valence-electron chi connectivity index (χ3n) is 19.2. The van der Waals surface area contributed by atoms with Crippen molar-refractivity contribution in [1.82, 2.24) is 94.6 Å². The minimum absolute atomic E-state index is 0.0203. The number of phenols is 1. The van der Waals surface area contributed by atoms with Crippen LogP contribution in [0.1, 0.15) is 94.9 Å². The van der Waals surface area contributed by atoms with Crippen LogP contribution in [0.4, 0.5) is 0 Å². The lowest BCUT2D eigenvalue weighted by atomic mass is 9.97. The zero-order valence-electron chi connectivity index (χ0n) is 67.4. The quantitative estimate of drug-likeness (QED) is 0.0120. The summed E-state index contributed by atoms with van der Waals surface area (Å²) in [5.74, 6) is -18.9. The number of aliphatic hydroxyl groups excluding tert-OH is 1. The summed E-state index contributed by atoms with van der Waals surface area (Å²) < 4.78 is 0. The van der Waals surface area contributed by atoms with Crippen LogP contribution in [0.25, 0.3) is 0 Å². The van der Waals surface area contributed by atoms with Crippen LogP contribution in [0.5, 0.6) is 5.75 Å². The van der Waals surface area contributed by atoms with Gasteiger partial charge in [-0.25, -0.2) is 4.98 Å². The number of carbonyl (C=O) groups is 16. The Labute approximate surface area is 714 Å². The molecule has 0 aliphatic carbocycles. The number of rotatable bonds is 32. The zero-order valence-corrected chi connectivity index (χ0v) is 70.7. The maximum absolute atomic E-state index is 15.1. The van der Waals surface area contributed by atoms with Crippen molar-refractivity contribution in [2.24, 2.45) is 28.9 Å². The monoisotopic (exact) mass is 1770 g/mol. The lowest BCUT2D eigenvalue weighted by molar-refractivity contribution is -0.142. The van der Waals surface area contributed by atoms with E-state index >= 15 is 4.79 Å². The first-order valence-electron chi connectivity index (χ1n) is 38.9. The highest BCUT2D eigenvalue weighted by Gasteiger charge is 2.41. The molecule has 43 nitrogen and oxygen atoms in total. The zero-order chi connectivity index (χ0) is 89.3. The van der Waals surface area contributed by atoms with Gasteiger partial charge in [0.2, 0.25) is 88.6 Å². The molecule has 0 radical (unpaired) electrons. The first-order valence-corrected chi connectivity index (χ1v) is 44.2. The molecule has 0 unspecified atom stereocenters. The van der Waals surface area contributed by atoms with Crippen molar-refractivity contribution in [2.45, 2.75) is 176 Å². The molecule has 14 atom stereocenters. The Bertz CT molecular complexity index is 4030. The average Bonchev–Trinajstić information content (AvgIpc) is 1.78. The number of thioether (sulfide) groups is 2. The number of aromatic amines is 1. The number of nitrogens with one attached hydrogen (secondary N) is 18. The van der Waals surface area contributed by atoms with E-state index < -0.39 is 223 Å². The maximum atomic E-state index is 15.1. The largest absolute Gasteiger partial charge is 0.508 e. The Morgan fingerprint density at radius 2 is 1.23 bits per heavy atom. The lowest BCUT2D eigenvalue weighted by Crippen LogP contribution is -2.62. The SMILES string of the molecule is CC[C@H](C)[C@@H]1NC(=O)[C@H](CCCNC(=N)N)NC(=O)[C@H](CC(=O)O)NC(=O)[C@H](CCSC)NC(=O)[C@@H]2CCCN2C(=O)CNC(=O)CNC(=O)[C@H](Cc2ccccc2)NC(=O)[C@H](Cc2c[nH]cn2)NC(=O)[C@@H](NC(=O)[C@@H](N)CCSC)CSSC[C@@H](C(=O)N[C@@H](Cc2ccc(O)cc2)C(=O)N[C@@H](CCCNC(=N)N)C(N)=O)NC(=O)[C@H](CO)NC1=O. The Hall–Kier alpha value is -11.2. The number of carboxylic acid groups (broad SMARTS) is 1. The molecule has 0 bridgehead atoms. The summed E-state index contributed by atoms with van der Waals surface area (Å²) in [5.41, 5.74) is 24.1. The summed E-state index contributed by atoms with van der Waals surface area (Å²) in [7, 11) is 1.61. The fourth-order valence-electron chi connectivity index (χ4n) is 12.3. The maximum Gasteiger partial charge on any atom is 0.305 e. The number of H-pyrrole nitrogens is 1. The van der Waals surface area contributed by atoms with Crippen LogP contribution in [-0.4, -0.2) is 290 Å². The Morgan fingerprint density at radius 3 is 1.87 bits per heavy atom. The van der Waals surface area contributed by atoms with Crippen LogP contribution in [-0.2, 0) is 96.0 Å². The van der Waals surface area contributed by atoms with Gasteiger partial charge in [0, 0.05) is 56.6 Å². The number of amides is 15. The van der Waals surface area contributed by atoms with Gasteiger partial charge in [-0.1, -0.05) is 84.3 Å². The van der Waals surface area contributed by atoms with Gasteiger partial charge in [0.05, 0.1) is 44.2 Å². The molecule has 5 rings (SSSR count). The minimum Gasteiger partial charge on any atom is -0.508 e. The molecule has 2 aliphatic heterocycles. The van der Waals surface area contributed by atoms with Crippen molar-refractivity contribution in [2.75, 3.05) is 74.9 Å². The molecule has 1 aromatic heterocycles. The van der Waals surface area contributed by atoms with Crippen LogP contribution in [0.3, 0.4) is 0 Å². The van der Waals surface area contributed by atoms with Crippen molar-refractivity contribution in [3.8, 4) is 5.75 Å². The van der Waals surface area contributed by atoms with Crippen LogP contribution in [0.15, 0.2) is 67.1 Å². The predicted molar refractivity (Wildman–Crippen MR) is 451 cm³/mol. The van der Waals surface area contributed by atoms with E-state index in [-0.39, 0.29) is 120 Å². The van der Waals surface area contributed by atoms with E-state index in [0.717, 1.165) is 21.6 Å². The second kappa shape index (κ2) is 52.8. The highest BCUT2D eigenvalue weighted by Crippen LogP contribution is 2.25. The fourth-order valence-corrected chi connectivity index (χ4v) is 15.6. The summed E-state index contributed by atoms with van der Waals surface area (Å²) in [6.45, 7) is 0.517. The number of hydrogen-bond acceptors (Lipinski definition) is 26. The summed E-state index contributed by atoms with van der Waals surface area (Å²) in [6, 6.07) is -6.95. The third-order valence-corrected chi connectivity index (χ3v) is 22.9. The Kier molecular flexibility index (Phi) is 43.8. The smallest absolute Gasteiger partial charge is 0.305 e. The molecule has 3 aromatic rings. The van der Waals surface area contributed by atoms with Crippen molar-refractivity contribution in [3.05, 3.63) is 83.9 Å². The van der Waals surface area contributed by atoms with Crippen LogP contribution in [0, 0.1) is 16.7 Å². The van der Waals surface area contributed by atoms with Gasteiger partial charge in [0.15, 0.2) is 11.9 Å². The molecule has 2 fully saturated rings. The number of aromatic hydroxyl groups is 1. The highest BCUT2D eigenvalue weighted by atomic mass is 33.1. The van der Waals surface area contributed by atoms with E-state index in [1.54, 1.807) is 49.8 Å². The molecule has 0 saturated carbocycles. The van der Waals surface area contributed by atoms with Crippen molar-refractivity contribution in [1.29, 1.82) is 10.8 Å². The van der Waals surface area contributed by atoms with Crippen molar-refractivity contribution in [3.63, 3.8) is 0 Å². The average molecular weight is 1770 g/mol. The number of fused-ring (bicyclic) bond motifs is 1. The Balaban J connectivity index is 1.64. The molecule has 666 valence electrons. The van der Waals surface area contributed by atoms with Gasteiger partial charge >= 0.3 is 5.97 Å². The van der Waals surface area contributed by atoms with Crippen LogP contribution < -0.4 is 103 Å². The number of aromatic nitrogens is 2. The molecule has 2 aromatic carbocycles. The molecule has 29 N–H and O–H groups in total. The van der Waals surface area contributed by atoms with Gasteiger partial charge in [-0.05, 0) is 105 Å². The van der Waals surface area contributed by atoms with Gasteiger partial charge in [-0.2, -0.15) is 23.5 Å². The van der Waals surface area contributed by atoms with E-state index in [1.807, 2.05) is 0 Å². The third kappa shape index (κ3) is 35.6. The number of primary amides is 1. The summed E-state index contributed by atoms with van der Waals surface area (Å²) >= 11 is 2.64. The molecule has 47 heteroatoms. The van der Waals surface area contributed by atoms with E-state index in [1.165, 1.54) is 72.1 Å². The number of benzene rings is 2. The van der Waals surface area contributed by atoms with Gasteiger partial charge in [0.25, 0.3) is 0 Å². The number of imidazole rings is 1. The van der Waals surface area contributed by atoms with E-state index in [2.05, 4.69) is 89.7 Å². The molecular formula is C74H112N24O19S4. The molecule has 0 spiro atoms. The van der Waals surface area contributed by atoms with Gasteiger partial charge in [0.1, 0.15) is 78.3 Å². The molecule has 121 heavy (non-hydrogen) atoms. The second-order valence-corrected chi connectivity index (χ2v) is 33.0. The normalized spacial score (nSPS) is 22.5. The number of guanidine groups is 2. The van der Waals surface area contributed by atoms with Gasteiger partial charge in [-0.15, -0.1) is 0 Å². The first-order chi connectivity index (χ1) is 57.6. The number of carbonyl (C=O) groups excluding carboxylic acids is 15. The number of nitrogens with zero attached hydrogens (tertiary/aromatic N) is 2. The fraction of sp³-hybridized carbons (Fsp3) is 0.554. The number of hydrogen-bond donors (Lipinski definition) is 25. The number of aliphatic carboxylic acids is 1. The van der Waals surface area contributed by atoms with Gasteiger partial charge in [-0.3, -0.25) is 87.5 Å². The number of nitrogens with two attached hydrogens (primary N) is 4. The molecule has 15 amide bonds. The van der Waals surface area contributed by atoms with Crippen molar-refractivity contribution >= 4 is 152 Å². The van der Waals surface area contributed by atoms with Crippen LogP contribution in [0.2, 0.25) is 0 Å². The topological polar surface area (TPSA) is 698 Å². The minimum atomic E-state index is -1.99. The summed E-state index contributed by atoms with van der Waals surface area (Å²) in [4.78, 5) is 236. The number of aliphatic hydroxyl groups is 1. The second-order valence-electron chi connectivity index (χ2n) is 28.4. The van der Waals surface area contributed by atoms with Crippen LogP contribution >= 0.6 is 45.1 Å². The molecular weight excluding hydrogens is 1660 g/mol. The van der Waals surface area contributed by atoms with E-state index in [4.69, 9.17) is 33.8 Å². The van der Waals surface area contributed by atoms with Crippen molar-refractivity contribution < 1.29 is 92.0 Å². The first kappa shape index (κ1) is 100. The summed E-state index contributed by atoms with van der Waals surface area (Å²) in [5, 5.41) is 84.5. The van der Waals surface area contributed by atoms with Gasteiger partial charge < -0.3 is 128 Å².